The van der Waals surface area contributed by atoms with Gasteiger partial charge in [0.15, 0.2) is 12.4 Å². The van der Waals surface area contributed by atoms with E-state index >= 15 is 0 Å². The third kappa shape index (κ3) is 4.09. The van der Waals surface area contributed by atoms with Crippen molar-refractivity contribution in [2.75, 3.05) is 7.11 Å². The molecule has 27 heavy (non-hydrogen) atoms. The third-order valence-corrected chi connectivity index (χ3v) is 3.67. The minimum atomic E-state index is -0.754. The summed E-state index contributed by atoms with van der Waals surface area (Å²) in [6.07, 6.45) is 0. The Morgan fingerprint density at radius 2 is 2.04 bits per heavy atom. The van der Waals surface area contributed by atoms with Crippen LogP contribution in [0.3, 0.4) is 0 Å². The number of rotatable bonds is 6. The first-order valence-electron chi connectivity index (χ1n) is 7.87. The number of nitro benzene ring substituents is 1. The number of carbonyl (C=O) groups excluding carboxylic acids is 1. The lowest BCUT2D eigenvalue weighted by Gasteiger charge is -2.05. The maximum atomic E-state index is 12.1. The number of benzene rings is 2. The second-order valence-corrected chi connectivity index (χ2v) is 5.59. The summed E-state index contributed by atoms with van der Waals surface area (Å²) < 4.78 is 15.5. The molecule has 138 valence electrons. The Morgan fingerprint density at radius 1 is 1.22 bits per heavy atom. The summed E-state index contributed by atoms with van der Waals surface area (Å²) in [7, 11) is 1.31. The lowest BCUT2D eigenvalue weighted by Crippen LogP contribution is -2.06. The molecule has 2 aromatic carbocycles. The minimum absolute atomic E-state index is 0.0147. The Kier molecular flexibility index (Phi) is 5.11. The smallest absolute Gasteiger partial charge is 0.338 e. The van der Waals surface area contributed by atoms with Crippen molar-refractivity contribution in [1.29, 1.82) is 0 Å². The molecular formula is C18H15N3O6. The van der Waals surface area contributed by atoms with Gasteiger partial charge in [0.25, 0.3) is 5.89 Å². The van der Waals surface area contributed by atoms with Gasteiger partial charge in [-0.15, -0.1) is 10.2 Å². The van der Waals surface area contributed by atoms with E-state index in [1.54, 1.807) is 0 Å². The van der Waals surface area contributed by atoms with Gasteiger partial charge >= 0.3 is 11.7 Å². The summed E-state index contributed by atoms with van der Waals surface area (Å²) in [5.41, 5.74) is 1.48. The van der Waals surface area contributed by atoms with E-state index in [2.05, 4.69) is 10.2 Å². The zero-order chi connectivity index (χ0) is 19.4. The van der Waals surface area contributed by atoms with Gasteiger partial charge in [-0.25, -0.2) is 4.79 Å². The summed E-state index contributed by atoms with van der Waals surface area (Å²) in [5.74, 6) is -0.278. The van der Waals surface area contributed by atoms with Crippen LogP contribution in [0.2, 0.25) is 0 Å². The zero-order valence-electron chi connectivity index (χ0n) is 14.5. The lowest BCUT2D eigenvalue weighted by atomic mass is 10.1. The first-order valence-corrected chi connectivity index (χ1v) is 7.87. The zero-order valence-corrected chi connectivity index (χ0v) is 14.5. The van der Waals surface area contributed by atoms with Gasteiger partial charge in [0.1, 0.15) is 0 Å². The number of ether oxygens (including phenoxy) is 2. The Bertz CT molecular complexity index is 998. The lowest BCUT2D eigenvalue weighted by molar-refractivity contribution is -0.385. The van der Waals surface area contributed by atoms with E-state index in [9.17, 15) is 14.9 Å². The van der Waals surface area contributed by atoms with Crippen LogP contribution in [0.5, 0.6) is 5.75 Å². The molecule has 1 aromatic heterocycles. The third-order valence-electron chi connectivity index (χ3n) is 3.67. The van der Waals surface area contributed by atoms with Crippen LogP contribution in [0.25, 0.3) is 11.5 Å². The number of nitro groups is 1. The predicted octanol–water partition coefficient (Wildman–Crippen LogP) is 3.32. The molecule has 0 amide bonds. The van der Waals surface area contributed by atoms with Crippen molar-refractivity contribution >= 4 is 11.7 Å². The highest BCUT2D eigenvalue weighted by molar-refractivity contribution is 5.90. The van der Waals surface area contributed by atoms with Crippen LogP contribution in [0, 0.1) is 17.0 Å². The summed E-state index contributed by atoms with van der Waals surface area (Å²) in [5, 5.41) is 18.8. The Hall–Kier alpha value is -3.75. The average molecular weight is 369 g/mol. The molecule has 0 aliphatic heterocycles. The molecule has 0 atom stereocenters. The standard InChI is InChI=1S/C18H15N3O6/c1-11-4-3-5-12(8-11)17-20-19-16(27-17)10-26-18(22)13-6-7-15(25-2)14(9-13)21(23)24/h3-9H,10H2,1-2H3. The van der Waals surface area contributed by atoms with Gasteiger partial charge in [0, 0.05) is 11.6 Å². The molecule has 0 radical (unpaired) electrons. The van der Waals surface area contributed by atoms with Crippen LogP contribution >= 0.6 is 0 Å². The molecule has 9 nitrogen and oxygen atoms in total. The normalized spacial score (nSPS) is 10.4. The van der Waals surface area contributed by atoms with Gasteiger partial charge in [-0.1, -0.05) is 17.7 Å². The van der Waals surface area contributed by atoms with Crippen molar-refractivity contribution in [3.8, 4) is 17.2 Å². The van der Waals surface area contributed by atoms with Crippen LogP contribution in [-0.4, -0.2) is 28.2 Å². The minimum Gasteiger partial charge on any atom is -0.490 e. The van der Waals surface area contributed by atoms with Crippen molar-refractivity contribution in [2.24, 2.45) is 0 Å². The summed E-state index contributed by atoms with van der Waals surface area (Å²) in [4.78, 5) is 22.5. The number of esters is 1. The van der Waals surface area contributed by atoms with Gasteiger partial charge < -0.3 is 13.9 Å². The van der Waals surface area contributed by atoms with E-state index in [0.29, 0.717) is 5.89 Å². The number of aryl methyl sites for hydroxylation is 1. The molecule has 0 aliphatic carbocycles. The Labute approximate surface area is 153 Å². The van der Waals surface area contributed by atoms with Crippen LogP contribution in [-0.2, 0) is 11.3 Å². The number of aromatic nitrogens is 2. The highest BCUT2D eigenvalue weighted by atomic mass is 16.6. The molecule has 3 rings (SSSR count). The van der Waals surface area contributed by atoms with Crippen LogP contribution < -0.4 is 4.74 Å². The van der Waals surface area contributed by atoms with E-state index in [0.717, 1.165) is 17.2 Å². The molecule has 0 saturated heterocycles. The number of carbonyl (C=O) groups is 1. The second-order valence-electron chi connectivity index (χ2n) is 5.59. The quantitative estimate of drug-likeness (QED) is 0.369. The van der Waals surface area contributed by atoms with E-state index in [-0.39, 0.29) is 29.5 Å². The summed E-state index contributed by atoms with van der Waals surface area (Å²) >= 11 is 0. The van der Waals surface area contributed by atoms with E-state index in [1.165, 1.54) is 19.2 Å². The molecule has 3 aromatic rings. The maximum Gasteiger partial charge on any atom is 0.338 e. The molecule has 0 spiro atoms. The molecule has 0 saturated carbocycles. The molecule has 0 aliphatic rings. The highest BCUT2D eigenvalue weighted by Crippen LogP contribution is 2.28. The van der Waals surface area contributed by atoms with Gasteiger partial charge in [0.05, 0.1) is 17.6 Å². The Balaban J connectivity index is 1.69. The molecule has 0 N–H and O–H groups in total. The van der Waals surface area contributed by atoms with E-state index in [4.69, 9.17) is 13.9 Å². The number of methoxy groups -OCH3 is 1. The van der Waals surface area contributed by atoms with Crippen LogP contribution in [0.1, 0.15) is 21.8 Å². The van der Waals surface area contributed by atoms with Crippen LogP contribution in [0.15, 0.2) is 46.9 Å². The van der Waals surface area contributed by atoms with E-state index in [1.807, 2.05) is 31.2 Å². The van der Waals surface area contributed by atoms with Crippen LogP contribution in [0.4, 0.5) is 5.69 Å². The average Bonchev–Trinajstić information content (AvgIpc) is 3.14. The molecule has 9 heteroatoms. The number of hydrogen-bond donors (Lipinski definition) is 0. The molecule has 0 unspecified atom stereocenters. The van der Waals surface area contributed by atoms with E-state index < -0.39 is 10.9 Å². The molecule has 0 bridgehead atoms. The van der Waals surface area contributed by atoms with Crippen molar-refractivity contribution in [3.05, 3.63) is 69.6 Å². The van der Waals surface area contributed by atoms with Gasteiger partial charge in [-0.3, -0.25) is 10.1 Å². The van der Waals surface area contributed by atoms with Crippen molar-refractivity contribution in [3.63, 3.8) is 0 Å². The topological polar surface area (TPSA) is 118 Å². The van der Waals surface area contributed by atoms with Crippen molar-refractivity contribution < 1.29 is 23.6 Å². The monoisotopic (exact) mass is 369 g/mol. The fourth-order valence-corrected chi connectivity index (χ4v) is 2.38. The predicted molar refractivity (Wildman–Crippen MR) is 93.2 cm³/mol. The number of nitrogens with zero attached hydrogens (tertiary/aromatic N) is 3. The van der Waals surface area contributed by atoms with Crippen molar-refractivity contribution in [2.45, 2.75) is 13.5 Å². The van der Waals surface area contributed by atoms with Gasteiger partial charge in [0.2, 0.25) is 5.89 Å². The fraction of sp³-hybridized carbons (Fsp3) is 0.167. The van der Waals surface area contributed by atoms with Crippen molar-refractivity contribution in [1.82, 2.24) is 10.2 Å². The number of hydrogen-bond acceptors (Lipinski definition) is 8. The molecular weight excluding hydrogens is 354 g/mol. The van der Waals surface area contributed by atoms with Gasteiger partial charge in [-0.05, 0) is 31.2 Å². The first-order chi connectivity index (χ1) is 13.0. The second kappa shape index (κ2) is 7.65. The molecule has 1 heterocycles. The largest absolute Gasteiger partial charge is 0.490 e. The highest BCUT2D eigenvalue weighted by Gasteiger charge is 2.19. The Morgan fingerprint density at radius 3 is 2.74 bits per heavy atom. The fourth-order valence-electron chi connectivity index (χ4n) is 2.38. The maximum absolute atomic E-state index is 12.1. The van der Waals surface area contributed by atoms with Gasteiger partial charge in [-0.2, -0.15) is 0 Å². The summed E-state index contributed by atoms with van der Waals surface area (Å²) in [6, 6.07) is 11.3. The summed E-state index contributed by atoms with van der Waals surface area (Å²) in [6.45, 7) is 1.69. The molecule has 0 fully saturated rings. The first kappa shape index (κ1) is 18.1. The SMILES string of the molecule is COc1ccc(C(=O)OCc2nnc(-c3cccc(C)c3)o2)cc1[N+](=O)[O-].